The van der Waals surface area contributed by atoms with Crippen molar-refractivity contribution in [2.45, 2.75) is 12.5 Å². The number of hydrogen-bond acceptors (Lipinski definition) is 3. The van der Waals surface area contributed by atoms with E-state index < -0.39 is 23.9 Å². The molecule has 0 aromatic heterocycles. The lowest BCUT2D eigenvalue weighted by Gasteiger charge is -2.15. The first-order valence-corrected chi connectivity index (χ1v) is 7.00. The molecule has 2 aromatic carbocycles. The fourth-order valence-corrected chi connectivity index (χ4v) is 2.07. The molecule has 2 N–H and O–H groups in total. The number of ether oxygens (including phenoxy) is 2. The quantitative estimate of drug-likeness (QED) is 0.787. The molecular weight excluding hydrogens is 352 g/mol. The van der Waals surface area contributed by atoms with Gasteiger partial charge in [0.15, 0.2) is 0 Å². The molecule has 25 heavy (non-hydrogen) atoms. The number of alkyl halides is 6. The maximum atomic E-state index is 13.2. The van der Waals surface area contributed by atoms with Crippen LogP contribution in [0.25, 0.3) is 11.1 Å². The van der Waals surface area contributed by atoms with Crippen molar-refractivity contribution < 1.29 is 35.8 Å². The molecule has 0 saturated heterocycles. The third kappa shape index (κ3) is 5.28. The highest BCUT2D eigenvalue weighted by Gasteiger charge is 2.35. The highest BCUT2D eigenvalue weighted by atomic mass is 19.4. The van der Waals surface area contributed by atoms with Crippen LogP contribution in [0.5, 0.6) is 11.5 Å². The zero-order chi connectivity index (χ0) is 18.7. The molecule has 0 aliphatic rings. The van der Waals surface area contributed by atoms with E-state index in [1.807, 2.05) is 0 Å². The van der Waals surface area contributed by atoms with Crippen LogP contribution in [0.15, 0.2) is 42.5 Å². The molecule has 2 rings (SSSR count). The minimum absolute atomic E-state index is 0.0553. The van der Waals surface area contributed by atoms with Gasteiger partial charge in [0, 0.05) is 6.54 Å². The largest absolute Gasteiger partial charge is 0.573 e. The lowest BCUT2D eigenvalue weighted by atomic mass is 10.0. The standard InChI is InChI=1S/C16H13F6NO2/c17-15(18,19)13-9-11(3-6-14(13)24-8-7-23)10-1-4-12(5-2-10)25-16(20,21)22/h1-6,9H,7-8,23H2. The van der Waals surface area contributed by atoms with Crippen LogP contribution in [0.4, 0.5) is 26.3 Å². The summed E-state index contributed by atoms with van der Waals surface area (Å²) in [6.45, 7) is -0.0222. The molecule has 0 saturated carbocycles. The molecule has 3 nitrogen and oxygen atoms in total. The van der Waals surface area contributed by atoms with Gasteiger partial charge in [0.2, 0.25) is 0 Å². The maximum Gasteiger partial charge on any atom is 0.573 e. The van der Waals surface area contributed by atoms with Crippen LogP contribution in [0, 0.1) is 0 Å². The van der Waals surface area contributed by atoms with Crippen molar-refractivity contribution in [1.29, 1.82) is 0 Å². The summed E-state index contributed by atoms with van der Waals surface area (Å²) in [5.74, 6) is -0.825. The van der Waals surface area contributed by atoms with E-state index in [1.54, 1.807) is 0 Å². The Balaban J connectivity index is 2.33. The zero-order valence-corrected chi connectivity index (χ0v) is 12.6. The van der Waals surface area contributed by atoms with Gasteiger partial charge in [0.25, 0.3) is 0 Å². The van der Waals surface area contributed by atoms with Crippen molar-refractivity contribution in [3.8, 4) is 22.6 Å². The number of nitrogens with two attached hydrogens (primary N) is 1. The summed E-state index contributed by atoms with van der Waals surface area (Å²) in [6.07, 6.45) is -9.49. The second kappa shape index (κ2) is 7.22. The topological polar surface area (TPSA) is 44.5 Å². The number of hydrogen-bond donors (Lipinski definition) is 1. The van der Waals surface area contributed by atoms with Crippen molar-refractivity contribution in [1.82, 2.24) is 0 Å². The first-order chi connectivity index (χ1) is 11.6. The molecule has 0 aliphatic carbocycles. The molecule has 0 radical (unpaired) electrons. The lowest BCUT2D eigenvalue weighted by molar-refractivity contribution is -0.274. The molecule has 0 atom stereocenters. The molecule has 2 aromatic rings. The van der Waals surface area contributed by atoms with E-state index in [4.69, 9.17) is 10.5 Å². The Morgan fingerprint density at radius 2 is 1.44 bits per heavy atom. The molecule has 136 valence electrons. The van der Waals surface area contributed by atoms with E-state index in [-0.39, 0.29) is 24.5 Å². The van der Waals surface area contributed by atoms with E-state index in [0.29, 0.717) is 5.56 Å². The van der Waals surface area contributed by atoms with E-state index in [1.165, 1.54) is 18.2 Å². The molecule has 0 fully saturated rings. The summed E-state index contributed by atoms with van der Waals surface area (Å²) in [7, 11) is 0. The van der Waals surface area contributed by atoms with Gasteiger partial charge in [-0.1, -0.05) is 18.2 Å². The predicted molar refractivity (Wildman–Crippen MR) is 78.1 cm³/mol. The van der Waals surface area contributed by atoms with Crippen LogP contribution < -0.4 is 15.2 Å². The third-order valence-electron chi connectivity index (χ3n) is 3.08. The normalized spacial score (nSPS) is 12.1. The van der Waals surface area contributed by atoms with Crippen LogP contribution in [0.2, 0.25) is 0 Å². The van der Waals surface area contributed by atoms with Gasteiger partial charge >= 0.3 is 12.5 Å². The van der Waals surface area contributed by atoms with Crippen LogP contribution in [0.3, 0.4) is 0 Å². The van der Waals surface area contributed by atoms with Gasteiger partial charge in [0.05, 0.1) is 5.56 Å². The number of rotatable bonds is 5. The third-order valence-corrected chi connectivity index (χ3v) is 3.08. The second-order valence-corrected chi connectivity index (χ2v) is 4.92. The van der Waals surface area contributed by atoms with Crippen molar-refractivity contribution in [2.24, 2.45) is 5.73 Å². The minimum atomic E-state index is -4.84. The summed E-state index contributed by atoms with van der Waals surface area (Å²) in [5.41, 5.74) is 4.69. The summed E-state index contributed by atoms with van der Waals surface area (Å²) < 4.78 is 84.6. The Hall–Kier alpha value is -2.42. The summed E-state index contributed by atoms with van der Waals surface area (Å²) >= 11 is 0. The minimum Gasteiger partial charge on any atom is -0.492 e. The average Bonchev–Trinajstić information content (AvgIpc) is 2.51. The molecule has 0 aliphatic heterocycles. The molecular formula is C16H13F6NO2. The lowest BCUT2D eigenvalue weighted by Crippen LogP contribution is -2.16. The predicted octanol–water partition coefficient (Wildman–Crippen LogP) is 4.61. The van der Waals surface area contributed by atoms with Gasteiger partial charge in [-0.05, 0) is 35.4 Å². The van der Waals surface area contributed by atoms with Gasteiger partial charge in [0.1, 0.15) is 18.1 Å². The molecule has 0 heterocycles. The molecule has 0 bridgehead atoms. The highest BCUT2D eigenvalue weighted by molar-refractivity contribution is 5.66. The summed E-state index contributed by atoms with van der Waals surface area (Å²) in [6, 6.07) is 7.90. The fourth-order valence-electron chi connectivity index (χ4n) is 2.07. The fraction of sp³-hybridized carbons (Fsp3) is 0.250. The van der Waals surface area contributed by atoms with Crippen molar-refractivity contribution in [3.63, 3.8) is 0 Å². The van der Waals surface area contributed by atoms with Gasteiger partial charge in [-0.2, -0.15) is 13.2 Å². The monoisotopic (exact) mass is 365 g/mol. The Kier molecular flexibility index (Phi) is 5.46. The van der Waals surface area contributed by atoms with Gasteiger partial charge < -0.3 is 15.2 Å². The first-order valence-electron chi connectivity index (χ1n) is 7.00. The molecule has 0 unspecified atom stereocenters. The van der Waals surface area contributed by atoms with Crippen molar-refractivity contribution in [2.75, 3.05) is 13.2 Å². The van der Waals surface area contributed by atoms with E-state index >= 15 is 0 Å². The Morgan fingerprint density at radius 3 is 1.96 bits per heavy atom. The van der Waals surface area contributed by atoms with Crippen LogP contribution in [-0.2, 0) is 6.18 Å². The smallest absolute Gasteiger partial charge is 0.492 e. The summed E-state index contributed by atoms with van der Waals surface area (Å²) in [4.78, 5) is 0. The maximum absolute atomic E-state index is 13.2. The number of halogens is 6. The molecule has 0 spiro atoms. The van der Waals surface area contributed by atoms with Crippen molar-refractivity contribution >= 4 is 0 Å². The van der Waals surface area contributed by atoms with Gasteiger partial charge in [-0.3, -0.25) is 0 Å². The number of benzene rings is 2. The highest BCUT2D eigenvalue weighted by Crippen LogP contribution is 2.39. The zero-order valence-electron chi connectivity index (χ0n) is 12.6. The van der Waals surface area contributed by atoms with Gasteiger partial charge in [-0.15, -0.1) is 13.2 Å². The average molecular weight is 365 g/mol. The van der Waals surface area contributed by atoms with Crippen LogP contribution in [-0.4, -0.2) is 19.5 Å². The Bertz CT molecular complexity index is 710. The molecule has 0 amide bonds. The van der Waals surface area contributed by atoms with Gasteiger partial charge in [-0.25, -0.2) is 0 Å². The van der Waals surface area contributed by atoms with Crippen LogP contribution in [0.1, 0.15) is 5.56 Å². The first kappa shape index (κ1) is 18.9. The Labute approximate surface area is 139 Å². The molecule has 9 heteroatoms. The van der Waals surface area contributed by atoms with E-state index in [0.717, 1.165) is 24.3 Å². The Morgan fingerprint density at radius 1 is 0.840 bits per heavy atom. The SMILES string of the molecule is NCCOc1ccc(-c2ccc(OC(F)(F)F)cc2)cc1C(F)(F)F. The van der Waals surface area contributed by atoms with E-state index in [9.17, 15) is 26.3 Å². The van der Waals surface area contributed by atoms with E-state index in [2.05, 4.69) is 4.74 Å². The van der Waals surface area contributed by atoms with Crippen molar-refractivity contribution in [3.05, 3.63) is 48.0 Å². The van der Waals surface area contributed by atoms with Crippen LogP contribution >= 0.6 is 0 Å². The summed E-state index contributed by atoms with van der Waals surface area (Å²) in [5, 5.41) is 0. The second-order valence-electron chi connectivity index (χ2n) is 4.92.